The maximum absolute atomic E-state index is 11.2. The smallest absolute Gasteiger partial charge is 0.236 e. The first-order valence-electron chi connectivity index (χ1n) is 5.77. The van der Waals surface area contributed by atoms with Gasteiger partial charge in [-0.25, -0.2) is 0 Å². The van der Waals surface area contributed by atoms with Crippen LogP contribution in [0.4, 0.5) is 0 Å². The Kier molecular flexibility index (Phi) is 5.49. The van der Waals surface area contributed by atoms with Gasteiger partial charge in [0.2, 0.25) is 5.91 Å². The number of rotatable bonds is 6. The van der Waals surface area contributed by atoms with Crippen molar-refractivity contribution in [1.82, 2.24) is 4.90 Å². The minimum atomic E-state index is -0.0408. The topological polar surface area (TPSA) is 55.6 Å². The summed E-state index contributed by atoms with van der Waals surface area (Å²) in [6.45, 7) is 3.35. The third-order valence-electron chi connectivity index (χ3n) is 2.59. The Morgan fingerprint density at radius 1 is 1.41 bits per heavy atom. The van der Waals surface area contributed by atoms with E-state index in [-0.39, 0.29) is 12.5 Å². The van der Waals surface area contributed by atoms with Crippen LogP contribution < -0.4 is 10.5 Å². The Bertz CT molecular complexity index is 366. The number of carbonyl (C=O) groups excluding carboxylic acids is 1. The highest BCUT2D eigenvalue weighted by Crippen LogP contribution is 2.16. The summed E-state index contributed by atoms with van der Waals surface area (Å²) in [6.07, 6.45) is 0.802. The van der Waals surface area contributed by atoms with Crippen molar-refractivity contribution in [3.05, 3.63) is 29.8 Å². The van der Waals surface area contributed by atoms with Crippen LogP contribution in [0.5, 0.6) is 5.75 Å². The fourth-order valence-corrected chi connectivity index (χ4v) is 1.48. The SMILES string of the molecule is Cc1ccccc1OCCCN(C)C(=O)CN. The molecule has 17 heavy (non-hydrogen) atoms. The van der Waals surface area contributed by atoms with Crippen LogP contribution >= 0.6 is 0 Å². The summed E-state index contributed by atoms with van der Waals surface area (Å²) in [4.78, 5) is 12.8. The molecule has 0 bridgehead atoms. The molecule has 2 N–H and O–H groups in total. The predicted molar refractivity (Wildman–Crippen MR) is 68.0 cm³/mol. The quantitative estimate of drug-likeness (QED) is 0.755. The van der Waals surface area contributed by atoms with Crippen LogP contribution in [-0.2, 0) is 4.79 Å². The summed E-state index contributed by atoms with van der Waals surface area (Å²) in [5.74, 6) is 0.862. The van der Waals surface area contributed by atoms with Crippen molar-refractivity contribution in [2.24, 2.45) is 5.73 Å². The summed E-state index contributed by atoms with van der Waals surface area (Å²) in [5.41, 5.74) is 6.39. The lowest BCUT2D eigenvalue weighted by atomic mass is 10.2. The fourth-order valence-electron chi connectivity index (χ4n) is 1.48. The average Bonchev–Trinajstić information content (AvgIpc) is 2.35. The molecule has 1 aromatic rings. The Balaban J connectivity index is 2.25. The van der Waals surface area contributed by atoms with E-state index in [2.05, 4.69) is 0 Å². The minimum Gasteiger partial charge on any atom is -0.493 e. The third-order valence-corrected chi connectivity index (χ3v) is 2.59. The molecule has 0 aliphatic carbocycles. The second-order valence-electron chi connectivity index (χ2n) is 3.99. The molecule has 94 valence electrons. The molecule has 0 radical (unpaired) electrons. The predicted octanol–water partition coefficient (Wildman–Crippen LogP) is 1.18. The third kappa shape index (κ3) is 4.44. The first-order chi connectivity index (χ1) is 8.15. The van der Waals surface area contributed by atoms with Gasteiger partial charge >= 0.3 is 0 Å². The first-order valence-corrected chi connectivity index (χ1v) is 5.77. The second kappa shape index (κ2) is 6.91. The Morgan fingerprint density at radius 2 is 2.12 bits per heavy atom. The van der Waals surface area contributed by atoms with E-state index in [4.69, 9.17) is 10.5 Å². The van der Waals surface area contributed by atoms with Crippen molar-refractivity contribution in [3.8, 4) is 5.75 Å². The van der Waals surface area contributed by atoms with Gasteiger partial charge < -0.3 is 15.4 Å². The van der Waals surface area contributed by atoms with Crippen molar-refractivity contribution in [2.45, 2.75) is 13.3 Å². The van der Waals surface area contributed by atoms with Gasteiger partial charge in [0.1, 0.15) is 5.75 Å². The monoisotopic (exact) mass is 236 g/mol. The van der Waals surface area contributed by atoms with Crippen molar-refractivity contribution in [1.29, 1.82) is 0 Å². The number of ether oxygens (including phenoxy) is 1. The molecule has 0 aliphatic rings. The largest absolute Gasteiger partial charge is 0.493 e. The number of benzene rings is 1. The standard InChI is InChI=1S/C13H20N2O2/c1-11-6-3-4-7-12(11)17-9-5-8-15(2)13(16)10-14/h3-4,6-7H,5,8-10,14H2,1-2H3. The van der Waals surface area contributed by atoms with Crippen LogP contribution in [0.25, 0.3) is 0 Å². The maximum atomic E-state index is 11.2. The summed E-state index contributed by atoms with van der Waals surface area (Å²) in [7, 11) is 1.75. The van der Waals surface area contributed by atoms with Gasteiger partial charge in [-0.2, -0.15) is 0 Å². The van der Waals surface area contributed by atoms with Gasteiger partial charge in [0.25, 0.3) is 0 Å². The normalized spacial score (nSPS) is 10.1. The molecule has 0 saturated carbocycles. The number of amides is 1. The molecule has 0 aliphatic heterocycles. The lowest BCUT2D eigenvalue weighted by Gasteiger charge is -2.16. The van der Waals surface area contributed by atoms with E-state index in [9.17, 15) is 4.79 Å². The number of hydrogen-bond donors (Lipinski definition) is 1. The van der Waals surface area contributed by atoms with Gasteiger partial charge in [-0.1, -0.05) is 18.2 Å². The lowest BCUT2D eigenvalue weighted by molar-refractivity contribution is -0.128. The molecule has 0 spiro atoms. The van der Waals surface area contributed by atoms with Crippen LogP contribution in [0.15, 0.2) is 24.3 Å². The van der Waals surface area contributed by atoms with Gasteiger partial charge in [-0.05, 0) is 25.0 Å². The lowest BCUT2D eigenvalue weighted by Crippen LogP contribution is -2.33. The van der Waals surface area contributed by atoms with Crippen molar-refractivity contribution in [2.75, 3.05) is 26.7 Å². The van der Waals surface area contributed by atoms with E-state index in [1.165, 1.54) is 0 Å². The summed E-state index contributed by atoms with van der Waals surface area (Å²) in [5, 5.41) is 0. The fraction of sp³-hybridized carbons (Fsp3) is 0.462. The average molecular weight is 236 g/mol. The molecule has 4 heteroatoms. The molecule has 1 amide bonds. The maximum Gasteiger partial charge on any atom is 0.236 e. The zero-order valence-electron chi connectivity index (χ0n) is 10.5. The van der Waals surface area contributed by atoms with Crippen molar-refractivity contribution in [3.63, 3.8) is 0 Å². The van der Waals surface area contributed by atoms with Gasteiger partial charge in [0, 0.05) is 13.6 Å². The molecule has 0 atom stereocenters. The number of hydrogen-bond acceptors (Lipinski definition) is 3. The van der Waals surface area contributed by atoms with Crippen LogP contribution in [0.1, 0.15) is 12.0 Å². The van der Waals surface area contributed by atoms with Crippen LogP contribution in [0, 0.1) is 6.92 Å². The zero-order valence-corrected chi connectivity index (χ0v) is 10.5. The van der Waals surface area contributed by atoms with Gasteiger partial charge in [-0.3, -0.25) is 4.79 Å². The summed E-state index contributed by atoms with van der Waals surface area (Å²) < 4.78 is 5.63. The van der Waals surface area contributed by atoms with Gasteiger partial charge in [0.05, 0.1) is 13.2 Å². The van der Waals surface area contributed by atoms with E-state index in [1.54, 1.807) is 11.9 Å². The molecule has 0 aromatic heterocycles. The highest BCUT2D eigenvalue weighted by atomic mass is 16.5. The van der Waals surface area contributed by atoms with E-state index in [1.807, 2.05) is 31.2 Å². The molecule has 0 unspecified atom stereocenters. The number of aryl methyl sites for hydroxylation is 1. The minimum absolute atomic E-state index is 0.0408. The summed E-state index contributed by atoms with van der Waals surface area (Å²) in [6, 6.07) is 7.89. The Hall–Kier alpha value is -1.55. The van der Waals surface area contributed by atoms with Crippen molar-refractivity contribution >= 4 is 5.91 Å². The Morgan fingerprint density at radius 3 is 2.76 bits per heavy atom. The number of carbonyl (C=O) groups is 1. The van der Waals surface area contributed by atoms with Gasteiger partial charge in [-0.15, -0.1) is 0 Å². The number of nitrogens with zero attached hydrogens (tertiary/aromatic N) is 1. The van der Waals surface area contributed by atoms with E-state index >= 15 is 0 Å². The summed E-state index contributed by atoms with van der Waals surface area (Å²) >= 11 is 0. The molecule has 1 rings (SSSR count). The zero-order chi connectivity index (χ0) is 12.7. The molecule has 0 fully saturated rings. The molecular formula is C13H20N2O2. The van der Waals surface area contributed by atoms with Crippen molar-refractivity contribution < 1.29 is 9.53 Å². The van der Waals surface area contributed by atoms with Gasteiger partial charge in [0.15, 0.2) is 0 Å². The molecule has 1 aromatic carbocycles. The number of likely N-dealkylation sites (N-methyl/N-ethyl adjacent to an activating group) is 1. The molecule has 4 nitrogen and oxygen atoms in total. The highest BCUT2D eigenvalue weighted by Gasteiger charge is 2.05. The van der Waals surface area contributed by atoms with Crippen LogP contribution in [0.2, 0.25) is 0 Å². The highest BCUT2D eigenvalue weighted by molar-refractivity contribution is 5.77. The van der Waals surface area contributed by atoms with E-state index in [0.717, 1.165) is 17.7 Å². The number of para-hydroxylation sites is 1. The first kappa shape index (κ1) is 13.5. The van der Waals surface area contributed by atoms with E-state index in [0.29, 0.717) is 13.2 Å². The molecular weight excluding hydrogens is 216 g/mol. The van der Waals surface area contributed by atoms with Crippen LogP contribution in [0.3, 0.4) is 0 Å². The second-order valence-corrected chi connectivity index (χ2v) is 3.99. The molecule has 0 saturated heterocycles. The number of nitrogens with two attached hydrogens (primary N) is 1. The van der Waals surface area contributed by atoms with Crippen LogP contribution in [-0.4, -0.2) is 37.6 Å². The Labute approximate surface area is 102 Å². The van der Waals surface area contributed by atoms with E-state index < -0.39 is 0 Å². The molecule has 0 heterocycles.